The minimum absolute atomic E-state index is 0.350. The number of hydrogen-bond acceptors (Lipinski definition) is 5. The first-order valence-electron chi connectivity index (χ1n) is 7.58. The van der Waals surface area contributed by atoms with Crippen molar-refractivity contribution in [2.24, 2.45) is 5.73 Å². The van der Waals surface area contributed by atoms with Gasteiger partial charge in [0.05, 0.1) is 10.5 Å². The highest BCUT2D eigenvalue weighted by atomic mass is 32.1. The molecule has 0 bridgehead atoms. The summed E-state index contributed by atoms with van der Waals surface area (Å²) in [6.45, 7) is 1.76. The second kappa shape index (κ2) is 5.82. The first-order chi connectivity index (χ1) is 12.0. The molecule has 0 radical (unpaired) electrons. The molecule has 126 valence electrons. The average Bonchev–Trinajstić information content (AvgIpc) is 3.23. The van der Waals surface area contributed by atoms with E-state index in [1.165, 1.54) is 23.5 Å². The molecule has 0 spiro atoms. The van der Waals surface area contributed by atoms with Crippen LogP contribution in [0.2, 0.25) is 0 Å². The van der Waals surface area contributed by atoms with Crippen molar-refractivity contribution < 1.29 is 9.18 Å². The predicted octanol–water partition coefficient (Wildman–Crippen LogP) is 2.92. The molecule has 8 heteroatoms. The van der Waals surface area contributed by atoms with Crippen molar-refractivity contribution in [3.63, 3.8) is 0 Å². The van der Waals surface area contributed by atoms with Crippen molar-refractivity contribution in [1.29, 1.82) is 0 Å². The van der Waals surface area contributed by atoms with Gasteiger partial charge < -0.3 is 11.1 Å². The first kappa shape index (κ1) is 15.5. The van der Waals surface area contributed by atoms with Crippen LogP contribution in [0.3, 0.4) is 0 Å². The summed E-state index contributed by atoms with van der Waals surface area (Å²) in [5, 5.41) is 9.58. The van der Waals surface area contributed by atoms with Crippen LogP contribution in [0, 0.1) is 5.82 Å². The standard InChI is InChI=1S/C17H14FN5OS/c1-9-13(15(19)24)14(10-4-6-11(18)7-5-10)23-17(20-9)21-16(22-23)12-3-2-8-25-12/h2-8,14H,1H3,(H2,19,24)(H,20,21,22). The minimum atomic E-state index is -0.560. The van der Waals surface area contributed by atoms with Gasteiger partial charge in [-0.2, -0.15) is 4.98 Å². The van der Waals surface area contributed by atoms with Gasteiger partial charge in [-0.1, -0.05) is 18.2 Å². The Labute approximate surface area is 146 Å². The van der Waals surface area contributed by atoms with Gasteiger partial charge in [0.2, 0.25) is 11.9 Å². The van der Waals surface area contributed by atoms with Crippen molar-refractivity contribution in [3.05, 3.63) is 64.4 Å². The summed E-state index contributed by atoms with van der Waals surface area (Å²) in [5.74, 6) is 0.165. The second-order valence-corrected chi connectivity index (χ2v) is 6.61. The summed E-state index contributed by atoms with van der Waals surface area (Å²) in [5.41, 5.74) is 7.30. The number of nitrogens with two attached hydrogens (primary N) is 1. The summed E-state index contributed by atoms with van der Waals surface area (Å²) < 4.78 is 14.9. The number of aromatic nitrogens is 3. The van der Waals surface area contributed by atoms with Crippen molar-refractivity contribution in [2.45, 2.75) is 13.0 Å². The Bertz CT molecular complexity index is 975. The van der Waals surface area contributed by atoms with Crippen LogP contribution >= 0.6 is 11.3 Å². The normalized spacial score (nSPS) is 16.5. The highest BCUT2D eigenvalue weighted by Crippen LogP contribution is 2.36. The quantitative estimate of drug-likeness (QED) is 0.756. The Morgan fingerprint density at radius 3 is 2.72 bits per heavy atom. The molecule has 0 saturated heterocycles. The molecule has 1 atom stereocenters. The zero-order valence-electron chi connectivity index (χ0n) is 13.2. The lowest BCUT2D eigenvalue weighted by Gasteiger charge is -2.27. The molecule has 0 aliphatic carbocycles. The van der Waals surface area contributed by atoms with Gasteiger partial charge in [-0.15, -0.1) is 16.4 Å². The number of primary amides is 1. The summed E-state index contributed by atoms with van der Waals surface area (Å²) in [4.78, 5) is 17.5. The number of nitrogens with zero attached hydrogens (tertiary/aromatic N) is 3. The number of benzene rings is 1. The Balaban J connectivity index is 1.89. The lowest BCUT2D eigenvalue weighted by molar-refractivity contribution is -0.115. The fraction of sp³-hybridized carbons (Fsp3) is 0.118. The number of carbonyl (C=O) groups is 1. The van der Waals surface area contributed by atoms with E-state index in [1.54, 1.807) is 23.7 Å². The molecule has 1 unspecified atom stereocenters. The predicted molar refractivity (Wildman–Crippen MR) is 93.4 cm³/mol. The van der Waals surface area contributed by atoms with Gasteiger partial charge in [-0.05, 0) is 36.1 Å². The number of nitrogens with one attached hydrogen (secondary N) is 1. The summed E-state index contributed by atoms with van der Waals surface area (Å²) in [6.07, 6.45) is 0. The Kier molecular flexibility index (Phi) is 3.61. The third-order valence-corrected chi connectivity index (χ3v) is 4.91. The zero-order valence-corrected chi connectivity index (χ0v) is 14.0. The molecule has 1 amide bonds. The third-order valence-electron chi connectivity index (χ3n) is 4.05. The monoisotopic (exact) mass is 355 g/mol. The molecule has 3 heterocycles. The van der Waals surface area contributed by atoms with E-state index in [0.29, 0.717) is 28.6 Å². The molecule has 1 aliphatic heterocycles. The Morgan fingerprint density at radius 1 is 1.32 bits per heavy atom. The van der Waals surface area contributed by atoms with Gasteiger partial charge in [0.15, 0.2) is 5.82 Å². The van der Waals surface area contributed by atoms with Crippen LogP contribution < -0.4 is 11.1 Å². The topological polar surface area (TPSA) is 85.8 Å². The van der Waals surface area contributed by atoms with E-state index >= 15 is 0 Å². The molecule has 1 aliphatic rings. The lowest BCUT2D eigenvalue weighted by atomic mass is 9.95. The van der Waals surface area contributed by atoms with Crippen LogP contribution in [0.25, 0.3) is 10.7 Å². The highest BCUT2D eigenvalue weighted by Gasteiger charge is 2.33. The molecule has 3 aromatic rings. The van der Waals surface area contributed by atoms with Gasteiger partial charge >= 0.3 is 0 Å². The molecule has 0 fully saturated rings. The van der Waals surface area contributed by atoms with Crippen LogP contribution in [-0.2, 0) is 4.79 Å². The van der Waals surface area contributed by atoms with Gasteiger partial charge in [0.25, 0.3) is 0 Å². The van der Waals surface area contributed by atoms with E-state index < -0.39 is 11.9 Å². The maximum atomic E-state index is 13.3. The van der Waals surface area contributed by atoms with Gasteiger partial charge in [-0.25, -0.2) is 9.07 Å². The number of allylic oxidation sites excluding steroid dienone is 1. The number of thiophene rings is 1. The number of fused-ring (bicyclic) bond motifs is 1. The number of hydrogen-bond donors (Lipinski definition) is 2. The molecule has 6 nitrogen and oxygen atoms in total. The van der Waals surface area contributed by atoms with E-state index in [-0.39, 0.29) is 5.82 Å². The van der Waals surface area contributed by atoms with Crippen LogP contribution in [0.1, 0.15) is 18.5 Å². The lowest BCUT2D eigenvalue weighted by Crippen LogP contribution is -2.31. The van der Waals surface area contributed by atoms with Crippen molar-refractivity contribution in [3.8, 4) is 10.7 Å². The van der Waals surface area contributed by atoms with E-state index in [0.717, 1.165) is 4.88 Å². The van der Waals surface area contributed by atoms with Crippen molar-refractivity contribution in [1.82, 2.24) is 14.8 Å². The number of amides is 1. The molecular formula is C17H14FN5OS. The van der Waals surface area contributed by atoms with Crippen molar-refractivity contribution in [2.75, 3.05) is 5.32 Å². The van der Waals surface area contributed by atoms with Gasteiger partial charge in [-0.3, -0.25) is 4.79 Å². The smallest absolute Gasteiger partial charge is 0.248 e. The average molecular weight is 355 g/mol. The summed E-state index contributed by atoms with van der Waals surface area (Å²) in [7, 11) is 0. The third kappa shape index (κ3) is 2.60. The number of rotatable bonds is 3. The molecule has 25 heavy (non-hydrogen) atoms. The number of anilines is 1. The van der Waals surface area contributed by atoms with Gasteiger partial charge in [0.1, 0.15) is 11.9 Å². The Morgan fingerprint density at radius 2 is 2.08 bits per heavy atom. The fourth-order valence-electron chi connectivity index (χ4n) is 2.93. The molecule has 0 saturated carbocycles. The molecular weight excluding hydrogens is 341 g/mol. The zero-order chi connectivity index (χ0) is 17.6. The molecule has 2 aromatic heterocycles. The Hall–Kier alpha value is -3.00. The van der Waals surface area contributed by atoms with Crippen LogP contribution in [0.4, 0.5) is 10.3 Å². The SMILES string of the molecule is CC1=C(C(N)=O)C(c2ccc(F)cc2)n2nc(-c3cccs3)nc2N1. The number of carbonyl (C=O) groups excluding carboxylic acids is 1. The van der Waals surface area contributed by atoms with Crippen molar-refractivity contribution >= 4 is 23.2 Å². The second-order valence-electron chi connectivity index (χ2n) is 5.66. The maximum Gasteiger partial charge on any atom is 0.248 e. The van der Waals surface area contributed by atoms with Crippen LogP contribution in [0.15, 0.2) is 53.0 Å². The molecule has 1 aromatic carbocycles. The summed E-state index contributed by atoms with van der Waals surface area (Å²) >= 11 is 1.53. The first-order valence-corrected chi connectivity index (χ1v) is 8.46. The van der Waals surface area contributed by atoms with Crippen LogP contribution in [0.5, 0.6) is 0 Å². The van der Waals surface area contributed by atoms with Gasteiger partial charge in [0, 0.05) is 5.70 Å². The molecule has 3 N–H and O–H groups in total. The largest absolute Gasteiger partial charge is 0.366 e. The maximum absolute atomic E-state index is 13.3. The van der Waals surface area contributed by atoms with Crippen LogP contribution in [-0.4, -0.2) is 20.7 Å². The highest BCUT2D eigenvalue weighted by molar-refractivity contribution is 7.13. The minimum Gasteiger partial charge on any atom is -0.366 e. The molecule has 4 rings (SSSR count). The van der Waals surface area contributed by atoms with E-state index in [4.69, 9.17) is 5.73 Å². The number of halogens is 1. The van der Waals surface area contributed by atoms with E-state index in [1.807, 2.05) is 17.5 Å². The van der Waals surface area contributed by atoms with E-state index in [9.17, 15) is 9.18 Å². The van der Waals surface area contributed by atoms with E-state index in [2.05, 4.69) is 15.4 Å². The summed E-state index contributed by atoms with van der Waals surface area (Å²) in [6, 6.07) is 9.23. The fourth-order valence-corrected chi connectivity index (χ4v) is 3.59.